The number of ether oxygens (including phenoxy) is 1. The summed E-state index contributed by atoms with van der Waals surface area (Å²) in [6.45, 7) is 2.33. The van der Waals surface area contributed by atoms with Crippen LogP contribution in [0.4, 0.5) is 0 Å². The Kier molecular flexibility index (Phi) is 3.85. The summed E-state index contributed by atoms with van der Waals surface area (Å²) in [7, 11) is 1.90. The molecule has 0 radical (unpaired) electrons. The van der Waals surface area contributed by atoms with Crippen molar-refractivity contribution >= 4 is 17.5 Å². The fraction of sp³-hybridized carbons (Fsp3) is 0.533. The number of hydrogen-bond donors (Lipinski definition) is 1. The molecule has 4 nitrogen and oxygen atoms in total. The predicted molar refractivity (Wildman–Crippen MR) is 78.2 cm³/mol. The van der Waals surface area contributed by atoms with Crippen LogP contribution in [0.25, 0.3) is 0 Å². The highest BCUT2D eigenvalue weighted by atomic mass is 35.5. The Morgan fingerprint density at radius 3 is 3.10 bits per heavy atom. The van der Waals surface area contributed by atoms with Crippen molar-refractivity contribution in [2.45, 2.75) is 18.9 Å². The minimum absolute atomic E-state index is 0.105. The van der Waals surface area contributed by atoms with Gasteiger partial charge in [-0.05, 0) is 43.1 Å². The van der Waals surface area contributed by atoms with Crippen molar-refractivity contribution in [2.24, 2.45) is 5.92 Å². The van der Waals surface area contributed by atoms with E-state index in [1.54, 1.807) is 0 Å². The van der Waals surface area contributed by atoms with Crippen LogP contribution in [0.2, 0.25) is 5.02 Å². The molecule has 108 valence electrons. The van der Waals surface area contributed by atoms with E-state index in [1.165, 1.54) is 0 Å². The highest BCUT2D eigenvalue weighted by Gasteiger charge is 2.32. The van der Waals surface area contributed by atoms with E-state index in [0.717, 1.165) is 30.8 Å². The van der Waals surface area contributed by atoms with Gasteiger partial charge in [-0.2, -0.15) is 0 Å². The van der Waals surface area contributed by atoms with Gasteiger partial charge >= 0.3 is 0 Å². The zero-order valence-corrected chi connectivity index (χ0v) is 12.3. The van der Waals surface area contributed by atoms with Gasteiger partial charge in [-0.1, -0.05) is 11.6 Å². The molecule has 2 aliphatic heterocycles. The van der Waals surface area contributed by atoms with Gasteiger partial charge in [-0.25, -0.2) is 0 Å². The zero-order chi connectivity index (χ0) is 14.1. The van der Waals surface area contributed by atoms with E-state index >= 15 is 0 Å². The van der Waals surface area contributed by atoms with Crippen LogP contribution in [0.15, 0.2) is 18.2 Å². The number of rotatable bonds is 2. The van der Waals surface area contributed by atoms with Gasteiger partial charge < -0.3 is 15.0 Å². The quantitative estimate of drug-likeness (QED) is 0.903. The van der Waals surface area contributed by atoms with Crippen molar-refractivity contribution in [3.8, 4) is 5.75 Å². The molecule has 1 N–H and O–H groups in total. The molecular formula is C15H19ClN2O2. The number of carbonyl (C=O) groups is 1. The minimum Gasteiger partial charge on any atom is -0.492 e. The molecule has 0 bridgehead atoms. The number of nitrogens with one attached hydrogen (secondary N) is 1. The van der Waals surface area contributed by atoms with Crippen LogP contribution >= 0.6 is 11.6 Å². The van der Waals surface area contributed by atoms with Gasteiger partial charge in [0.15, 0.2) is 0 Å². The molecule has 0 saturated carbocycles. The molecule has 1 amide bonds. The van der Waals surface area contributed by atoms with Crippen LogP contribution in [0, 0.1) is 5.92 Å². The topological polar surface area (TPSA) is 41.6 Å². The molecule has 20 heavy (non-hydrogen) atoms. The van der Waals surface area contributed by atoms with Crippen molar-refractivity contribution in [1.29, 1.82) is 0 Å². The maximum atomic E-state index is 12.6. The SMILES string of the molecule is CN(C(=O)C1COc2ccc(Cl)cc2C1)C1CCNC1. The molecule has 1 fully saturated rings. The summed E-state index contributed by atoms with van der Waals surface area (Å²) >= 11 is 6.01. The summed E-state index contributed by atoms with van der Waals surface area (Å²) in [4.78, 5) is 14.4. The molecule has 0 aromatic heterocycles. The molecule has 0 spiro atoms. The van der Waals surface area contributed by atoms with E-state index < -0.39 is 0 Å². The zero-order valence-electron chi connectivity index (χ0n) is 11.6. The minimum atomic E-state index is -0.105. The highest BCUT2D eigenvalue weighted by Crippen LogP contribution is 2.30. The number of carbonyl (C=O) groups excluding carboxylic acids is 1. The molecule has 2 aliphatic rings. The summed E-state index contributed by atoms with van der Waals surface area (Å²) in [6, 6.07) is 5.90. The van der Waals surface area contributed by atoms with E-state index in [0.29, 0.717) is 24.1 Å². The number of halogens is 1. The third-order valence-electron chi connectivity index (χ3n) is 4.21. The first-order valence-electron chi connectivity index (χ1n) is 7.04. The molecule has 1 aromatic carbocycles. The maximum Gasteiger partial charge on any atom is 0.229 e. The van der Waals surface area contributed by atoms with Gasteiger partial charge in [0.05, 0.1) is 5.92 Å². The number of nitrogens with zero attached hydrogens (tertiary/aromatic N) is 1. The second-order valence-corrected chi connectivity index (χ2v) is 6.00. The van der Waals surface area contributed by atoms with E-state index in [9.17, 15) is 4.79 Å². The Hall–Kier alpha value is -1.26. The summed E-state index contributed by atoms with van der Waals surface area (Å²) in [6.07, 6.45) is 1.73. The Morgan fingerprint density at radius 2 is 2.35 bits per heavy atom. The Morgan fingerprint density at radius 1 is 1.50 bits per heavy atom. The fourth-order valence-electron chi connectivity index (χ4n) is 2.96. The molecule has 2 unspecified atom stereocenters. The van der Waals surface area contributed by atoms with Crippen LogP contribution in [-0.4, -0.2) is 43.6 Å². The van der Waals surface area contributed by atoms with Gasteiger partial charge in [0.25, 0.3) is 0 Å². The van der Waals surface area contributed by atoms with Crippen molar-refractivity contribution in [3.63, 3.8) is 0 Å². The number of likely N-dealkylation sites (N-methyl/N-ethyl adjacent to an activating group) is 1. The normalized spacial score (nSPS) is 24.9. The molecule has 5 heteroatoms. The molecule has 3 rings (SSSR count). The van der Waals surface area contributed by atoms with Gasteiger partial charge in [-0.3, -0.25) is 4.79 Å². The molecule has 2 atom stereocenters. The van der Waals surface area contributed by atoms with Crippen LogP contribution in [0.3, 0.4) is 0 Å². The maximum absolute atomic E-state index is 12.6. The molecule has 1 saturated heterocycles. The first-order chi connectivity index (χ1) is 9.65. The summed E-state index contributed by atoms with van der Waals surface area (Å²) in [5.41, 5.74) is 1.03. The molecule has 2 heterocycles. The standard InChI is InChI=1S/C15H19ClN2O2/c1-18(13-4-5-17-8-13)15(19)11-6-10-7-12(16)2-3-14(10)20-9-11/h2-3,7,11,13,17H,4-6,8-9H2,1H3. The summed E-state index contributed by atoms with van der Waals surface area (Å²) < 4.78 is 5.70. The number of amides is 1. The van der Waals surface area contributed by atoms with Crippen molar-refractivity contribution < 1.29 is 9.53 Å². The lowest BCUT2D eigenvalue weighted by Crippen LogP contribution is -2.44. The predicted octanol–water partition coefficient (Wildman–Crippen LogP) is 1.71. The van der Waals surface area contributed by atoms with Crippen LogP contribution in [0.5, 0.6) is 5.75 Å². The third kappa shape index (κ3) is 2.63. The molecular weight excluding hydrogens is 276 g/mol. The lowest BCUT2D eigenvalue weighted by Gasteiger charge is -2.31. The van der Waals surface area contributed by atoms with E-state index in [-0.39, 0.29) is 11.8 Å². The first kappa shape index (κ1) is 13.7. The van der Waals surface area contributed by atoms with Crippen LogP contribution in [-0.2, 0) is 11.2 Å². The van der Waals surface area contributed by atoms with Gasteiger partial charge in [0.1, 0.15) is 12.4 Å². The molecule has 0 aliphatic carbocycles. The second-order valence-electron chi connectivity index (χ2n) is 5.56. The molecule has 1 aromatic rings. The van der Waals surface area contributed by atoms with E-state index in [2.05, 4.69) is 5.32 Å². The van der Waals surface area contributed by atoms with Gasteiger partial charge in [0.2, 0.25) is 5.91 Å². The average molecular weight is 295 g/mol. The lowest BCUT2D eigenvalue weighted by atomic mass is 9.95. The Labute approximate surface area is 124 Å². The second kappa shape index (κ2) is 5.62. The van der Waals surface area contributed by atoms with Crippen molar-refractivity contribution in [3.05, 3.63) is 28.8 Å². The highest BCUT2D eigenvalue weighted by molar-refractivity contribution is 6.30. The smallest absolute Gasteiger partial charge is 0.229 e. The summed E-state index contributed by atoms with van der Waals surface area (Å²) in [5.74, 6) is 0.916. The monoisotopic (exact) mass is 294 g/mol. The third-order valence-corrected chi connectivity index (χ3v) is 4.44. The first-order valence-corrected chi connectivity index (χ1v) is 7.41. The van der Waals surface area contributed by atoms with Crippen LogP contribution in [0.1, 0.15) is 12.0 Å². The van der Waals surface area contributed by atoms with E-state index in [4.69, 9.17) is 16.3 Å². The van der Waals surface area contributed by atoms with Crippen molar-refractivity contribution in [2.75, 3.05) is 26.7 Å². The van der Waals surface area contributed by atoms with Crippen molar-refractivity contribution in [1.82, 2.24) is 10.2 Å². The largest absolute Gasteiger partial charge is 0.492 e. The average Bonchev–Trinajstić information content (AvgIpc) is 2.99. The lowest BCUT2D eigenvalue weighted by molar-refractivity contribution is -0.137. The van der Waals surface area contributed by atoms with Crippen LogP contribution < -0.4 is 10.1 Å². The number of benzene rings is 1. The Bertz CT molecular complexity index is 515. The van der Waals surface area contributed by atoms with Gasteiger partial charge in [0, 0.05) is 24.7 Å². The Balaban J connectivity index is 1.71. The van der Waals surface area contributed by atoms with Gasteiger partial charge in [-0.15, -0.1) is 0 Å². The van der Waals surface area contributed by atoms with E-state index in [1.807, 2.05) is 30.1 Å². The summed E-state index contributed by atoms with van der Waals surface area (Å²) in [5, 5.41) is 3.98. The number of hydrogen-bond acceptors (Lipinski definition) is 3. The fourth-order valence-corrected chi connectivity index (χ4v) is 3.15. The number of fused-ring (bicyclic) bond motifs is 1.